The minimum atomic E-state index is -0.831. The Morgan fingerprint density at radius 3 is 2.76 bits per heavy atom. The molecule has 0 unspecified atom stereocenters. The van der Waals surface area contributed by atoms with E-state index in [2.05, 4.69) is 5.32 Å². The van der Waals surface area contributed by atoms with Gasteiger partial charge in [-0.2, -0.15) is 0 Å². The molecule has 94 valence electrons. The summed E-state index contributed by atoms with van der Waals surface area (Å²) in [6.45, 7) is 1.06. The maximum atomic E-state index is 13.2. The number of hydrogen-bond acceptors (Lipinski definition) is 2. The molecule has 0 aliphatic heterocycles. The van der Waals surface area contributed by atoms with Crippen LogP contribution >= 0.6 is 0 Å². The van der Waals surface area contributed by atoms with Crippen LogP contribution in [0.5, 0.6) is 0 Å². The number of aliphatic carboxylic acids is 1. The molecular formula is C12H15F2NO2. The first-order valence-electron chi connectivity index (χ1n) is 5.46. The lowest BCUT2D eigenvalue weighted by Gasteiger charge is -2.05. The van der Waals surface area contributed by atoms with Gasteiger partial charge in [0.15, 0.2) is 0 Å². The summed E-state index contributed by atoms with van der Waals surface area (Å²) >= 11 is 0. The first-order chi connectivity index (χ1) is 8.09. The average Bonchev–Trinajstić information content (AvgIpc) is 2.27. The SMILES string of the molecule is O=C(O)CCCNCCc1cc(F)ccc1F. The van der Waals surface area contributed by atoms with Gasteiger partial charge in [0, 0.05) is 6.42 Å². The lowest BCUT2D eigenvalue weighted by molar-refractivity contribution is -0.137. The molecule has 0 saturated carbocycles. The second-order valence-electron chi connectivity index (χ2n) is 3.73. The van der Waals surface area contributed by atoms with Crippen molar-refractivity contribution in [3.8, 4) is 0 Å². The van der Waals surface area contributed by atoms with Gasteiger partial charge in [0.2, 0.25) is 0 Å². The Balaban J connectivity index is 2.22. The third-order valence-corrected chi connectivity index (χ3v) is 2.32. The predicted octanol–water partition coefficient (Wildman–Crippen LogP) is 1.96. The van der Waals surface area contributed by atoms with E-state index < -0.39 is 17.6 Å². The van der Waals surface area contributed by atoms with Crippen LogP contribution in [0.15, 0.2) is 18.2 Å². The van der Waals surface area contributed by atoms with Crippen molar-refractivity contribution in [2.75, 3.05) is 13.1 Å². The number of carboxylic acid groups (broad SMARTS) is 1. The van der Waals surface area contributed by atoms with Crippen LogP contribution in [-0.4, -0.2) is 24.2 Å². The van der Waals surface area contributed by atoms with Crippen molar-refractivity contribution in [2.45, 2.75) is 19.3 Å². The van der Waals surface area contributed by atoms with E-state index in [-0.39, 0.29) is 6.42 Å². The molecule has 2 N–H and O–H groups in total. The molecule has 5 heteroatoms. The van der Waals surface area contributed by atoms with Gasteiger partial charge >= 0.3 is 5.97 Å². The predicted molar refractivity (Wildman–Crippen MR) is 59.8 cm³/mol. The van der Waals surface area contributed by atoms with Gasteiger partial charge in [-0.25, -0.2) is 8.78 Å². The van der Waals surface area contributed by atoms with Crippen molar-refractivity contribution in [1.29, 1.82) is 0 Å². The van der Waals surface area contributed by atoms with Crippen molar-refractivity contribution in [1.82, 2.24) is 5.32 Å². The maximum Gasteiger partial charge on any atom is 0.303 e. The number of halogens is 2. The molecule has 0 fully saturated rings. The topological polar surface area (TPSA) is 49.3 Å². The van der Waals surface area contributed by atoms with E-state index in [1.54, 1.807) is 0 Å². The van der Waals surface area contributed by atoms with Crippen LogP contribution < -0.4 is 5.32 Å². The number of rotatable bonds is 7. The van der Waals surface area contributed by atoms with E-state index in [1.165, 1.54) is 6.07 Å². The molecule has 0 atom stereocenters. The van der Waals surface area contributed by atoms with Crippen LogP contribution in [0.25, 0.3) is 0 Å². The van der Waals surface area contributed by atoms with E-state index in [0.29, 0.717) is 31.5 Å². The second kappa shape index (κ2) is 6.96. The van der Waals surface area contributed by atoms with Crippen LogP contribution in [0, 0.1) is 11.6 Å². The summed E-state index contributed by atoms with van der Waals surface area (Å²) in [5.41, 5.74) is 0.329. The Bertz CT molecular complexity index is 383. The standard InChI is InChI=1S/C12H15F2NO2/c13-10-3-4-11(14)9(8-10)5-7-15-6-1-2-12(16)17/h3-4,8,15H,1-2,5-7H2,(H,16,17). The Labute approximate surface area is 98.5 Å². The monoisotopic (exact) mass is 243 g/mol. The smallest absolute Gasteiger partial charge is 0.303 e. The lowest BCUT2D eigenvalue weighted by atomic mass is 10.1. The second-order valence-corrected chi connectivity index (χ2v) is 3.73. The Morgan fingerprint density at radius 2 is 2.06 bits per heavy atom. The van der Waals surface area contributed by atoms with Gasteiger partial charge in [0.25, 0.3) is 0 Å². The average molecular weight is 243 g/mol. The van der Waals surface area contributed by atoms with Gasteiger partial charge in [-0.1, -0.05) is 0 Å². The van der Waals surface area contributed by atoms with Gasteiger partial charge in [-0.05, 0) is 49.7 Å². The van der Waals surface area contributed by atoms with E-state index in [4.69, 9.17) is 5.11 Å². The molecular weight excluding hydrogens is 228 g/mol. The number of nitrogens with one attached hydrogen (secondary N) is 1. The molecule has 17 heavy (non-hydrogen) atoms. The van der Waals surface area contributed by atoms with Crippen molar-refractivity contribution in [3.05, 3.63) is 35.4 Å². The highest BCUT2D eigenvalue weighted by Gasteiger charge is 2.03. The van der Waals surface area contributed by atoms with Crippen LogP contribution in [0.1, 0.15) is 18.4 Å². The zero-order chi connectivity index (χ0) is 12.7. The molecule has 0 aliphatic carbocycles. The molecule has 0 spiro atoms. The van der Waals surface area contributed by atoms with Gasteiger partial charge in [-0.15, -0.1) is 0 Å². The summed E-state index contributed by atoms with van der Waals surface area (Å²) in [6.07, 6.45) is 1.03. The van der Waals surface area contributed by atoms with E-state index >= 15 is 0 Å². The number of hydrogen-bond donors (Lipinski definition) is 2. The van der Waals surface area contributed by atoms with Crippen molar-refractivity contribution in [2.24, 2.45) is 0 Å². The molecule has 1 aromatic rings. The quantitative estimate of drug-likeness (QED) is 0.720. The molecule has 3 nitrogen and oxygen atoms in total. The third-order valence-electron chi connectivity index (χ3n) is 2.32. The summed E-state index contributed by atoms with van der Waals surface area (Å²) in [5.74, 6) is -1.70. The fraction of sp³-hybridized carbons (Fsp3) is 0.417. The highest BCUT2D eigenvalue weighted by molar-refractivity contribution is 5.66. The molecule has 0 radical (unpaired) electrons. The third kappa shape index (κ3) is 5.40. The van der Waals surface area contributed by atoms with E-state index in [9.17, 15) is 13.6 Å². The zero-order valence-electron chi connectivity index (χ0n) is 9.38. The molecule has 0 aromatic heterocycles. The minimum Gasteiger partial charge on any atom is -0.481 e. The Hall–Kier alpha value is -1.49. The summed E-state index contributed by atoms with van der Waals surface area (Å²) in [6, 6.07) is 3.36. The number of benzene rings is 1. The fourth-order valence-electron chi connectivity index (χ4n) is 1.45. The molecule has 0 saturated heterocycles. The van der Waals surface area contributed by atoms with Crippen LogP contribution in [0.3, 0.4) is 0 Å². The number of carboxylic acids is 1. The fourth-order valence-corrected chi connectivity index (χ4v) is 1.45. The first-order valence-corrected chi connectivity index (χ1v) is 5.46. The zero-order valence-corrected chi connectivity index (χ0v) is 9.38. The van der Waals surface area contributed by atoms with Crippen LogP contribution in [-0.2, 0) is 11.2 Å². The van der Waals surface area contributed by atoms with Crippen molar-refractivity contribution in [3.63, 3.8) is 0 Å². The maximum absolute atomic E-state index is 13.2. The van der Waals surface area contributed by atoms with Crippen LogP contribution in [0.4, 0.5) is 8.78 Å². The van der Waals surface area contributed by atoms with Gasteiger partial charge in [0.1, 0.15) is 11.6 Å². The number of carbonyl (C=O) groups is 1. The lowest BCUT2D eigenvalue weighted by Crippen LogP contribution is -2.19. The Morgan fingerprint density at radius 1 is 1.29 bits per heavy atom. The summed E-state index contributed by atoms with van der Waals surface area (Å²) in [5, 5.41) is 11.4. The van der Waals surface area contributed by atoms with Gasteiger partial charge in [-0.3, -0.25) is 4.79 Å². The van der Waals surface area contributed by atoms with Gasteiger partial charge in [0.05, 0.1) is 0 Å². The van der Waals surface area contributed by atoms with E-state index in [1.807, 2.05) is 0 Å². The van der Waals surface area contributed by atoms with Crippen molar-refractivity contribution >= 4 is 5.97 Å². The summed E-state index contributed by atoms with van der Waals surface area (Å²) in [4.78, 5) is 10.2. The molecule has 0 heterocycles. The molecule has 0 amide bonds. The minimum absolute atomic E-state index is 0.112. The molecule has 0 aliphatic rings. The van der Waals surface area contributed by atoms with Crippen molar-refractivity contribution < 1.29 is 18.7 Å². The highest BCUT2D eigenvalue weighted by atomic mass is 19.1. The normalized spacial score (nSPS) is 10.5. The van der Waals surface area contributed by atoms with Crippen LogP contribution in [0.2, 0.25) is 0 Å². The van der Waals surface area contributed by atoms with Gasteiger partial charge < -0.3 is 10.4 Å². The molecule has 1 rings (SSSR count). The summed E-state index contributed by atoms with van der Waals surface area (Å²) < 4.78 is 26.0. The highest BCUT2D eigenvalue weighted by Crippen LogP contribution is 2.09. The first kappa shape index (κ1) is 13.6. The molecule has 1 aromatic carbocycles. The molecule has 0 bridgehead atoms. The summed E-state index contributed by atoms with van der Waals surface area (Å²) in [7, 11) is 0. The van der Waals surface area contributed by atoms with E-state index in [0.717, 1.165) is 12.1 Å². The largest absolute Gasteiger partial charge is 0.481 e. The Kier molecular flexibility index (Phi) is 5.56.